The molecule has 0 spiro atoms. The number of halogens is 4. The van der Waals surface area contributed by atoms with E-state index >= 15 is 0 Å². The van der Waals surface area contributed by atoms with Gasteiger partial charge in [-0.05, 0) is 37.6 Å². The van der Waals surface area contributed by atoms with E-state index in [0.717, 1.165) is 12.1 Å². The van der Waals surface area contributed by atoms with Crippen molar-refractivity contribution in [1.29, 1.82) is 0 Å². The number of H-pyrrole nitrogens is 1. The van der Waals surface area contributed by atoms with Gasteiger partial charge in [0.2, 0.25) is 0 Å². The molecule has 0 aliphatic carbocycles. The fraction of sp³-hybridized carbons (Fsp3) is 0.469. The summed E-state index contributed by atoms with van der Waals surface area (Å²) in [5, 5.41) is 10.8. The third kappa shape index (κ3) is 8.61. The molecule has 1 aliphatic rings. The summed E-state index contributed by atoms with van der Waals surface area (Å²) in [4.78, 5) is 38.7. The number of imidazole rings is 1. The molecular formula is C32H37F4N8NaO3. The first-order valence-electron chi connectivity index (χ1n) is 15.1. The summed E-state index contributed by atoms with van der Waals surface area (Å²) >= 11 is 0. The van der Waals surface area contributed by atoms with Gasteiger partial charge in [0, 0.05) is 69.9 Å². The quantitative estimate of drug-likeness (QED) is 0.181. The molecule has 11 nitrogen and oxygen atoms in total. The molecule has 1 aliphatic heterocycles. The number of anilines is 2. The van der Waals surface area contributed by atoms with E-state index in [-0.39, 0.29) is 64.3 Å². The molecule has 0 bridgehead atoms. The van der Waals surface area contributed by atoms with Crippen LogP contribution in [0.5, 0.6) is 0 Å². The fourth-order valence-electron chi connectivity index (χ4n) is 6.02. The molecule has 252 valence electrons. The molecule has 1 fully saturated rings. The van der Waals surface area contributed by atoms with Gasteiger partial charge >= 0.3 is 35.7 Å². The molecule has 4 heterocycles. The summed E-state index contributed by atoms with van der Waals surface area (Å²) in [5.74, 6) is -1.41. The van der Waals surface area contributed by atoms with Crippen molar-refractivity contribution in [3.8, 4) is 22.8 Å². The maximum atomic E-state index is 14.1. The summed E-state index contributed by atoms with van der Waals surface area (Å²) in [6.45, 7) is 9.52. The first-order chi connectivity index (χ1) is 22.1. The second kappa shape index (κ2) is 15.0. The average molecular weight is 681 g/mol. The molecule has 16 heteroatoms. The van der Waals surface area contributed by atoms with E-state index in [9.17, 15) is 27.5 Å². The van der Waals surface area contributed by atoms with Crippen molar-refractivity contribution < 1.29 is 61.8 Å². The number of carboxylic acids is 1. The first kappa shape index (κ1) is 37.4. The molecule has 0 radical (unpaired) electrons. The smallest absolute Gasteiger partial charge is 0.550 e. The molecule has 3 aromatic heterocycles. The number of fused-ring (bicyclic) bond motifs is 1. The van der Waals surface area contributed by atoms with E-state index in [1.165, 1.54) is 6.07 Å². The second-order valence-corrected chi connectivity index (χ2v) is 12.7. The zero-order chi connectivity index (χ0) is 34.1. The number of rotatable bonds is 11. The van der Waals surface area contributed by atoms with Gasteiger partial charge in [0.25, 0.3) is 0 Å². The zero-order valence-corrected chi connectivity index (χ0v) is 29.9. The number of nitrogens with one attached hydrogen (secondary N) is 1. The van der Waals surface area contributed by atoms with Crippen LogP contribution in [-0.2, 0) is 15.7 Å². The number of methoxy groups -OCH3 is 1. The van der Waals surface area contributed by atoms with Gasteiger partial charge in [0.05, 0.1) is 35.9 Å². The number of piperazine rings is 1. The summed E-state index contributed by atoms with van der Waals surface area (Å²) < 4.78 is 60.2. The number of benzene rings is 1. The second-order valence-electron chi connectivity index (χ2n) is 12.7. The Morgan fingerprint density at radius 2 is 1.88 bits per heavy atom. The Hall–Kier alpha value is -3.37. The third-order valence-corrected chi connectivity index (χ3v) is 8.14. The van der Waals surface area contributed by atoms with Gasteiger partial charge in [-0.2, -0.15) is 13.2 Å². The molecule has 0 unspecified atom stereocenters. The Labute approximate surface area is 298 Å². The van der Waals surface area contributed by atoms with Crippen molar-refractivity contribution >= 4 is 28.6 Å². The molecular weight excluding hydrogens is 643 g/mol. The van der Waals surface area contributed by atoms with Gasteiger partial charge in [-0.15, -0.1) is 0 Å². The van der Waals surface area contributed by atoms with Crippen LogP contribution in [0.2, 0.25) is 0 Å². The van der Waals surface area contributed by atoms with Crippen LogP contribution in [0.25, 0.3) is 33.9 Å². The first-order valence-corrected chi connectivity index (χ1v) is 15.1. The molecule has 1 atom stereocenters. The summed E-state index contributed by atoms with van der Waals surface area (Å²) in [7, 11) is 3.47. The van der Waals surface area contributed by atoms with Crippen LogP contribution in [0.4, 0.5) is 29.1 Å². The minimum Gasteiger partial charge on any atom is -0.550 e. The number of aromatic nitrogens is 5. The van der Waals surface area contributed by atoms with E-state index in [1.54, 1.807) is 25.6 Å². The van der Waals surface area contributed by atoms with Gasteiger partial charge in [-0.3, -0.25) is 4.90 Å². The number of alkyl halides is 3. The van der Waals surface area contributed by atoms with Crippen molar-refractivity contribution in [3.05, 3.63) is 48.0 Å². The van der Waals surface area contributed by atoms with Gasteiger partial charge in [0.15, 0.2) is 11.5 Å². The number of pyridine rings is 1. The van der Waals surface area contributed by atoms with Gasteiger partial charge in [-0.25, -0.2) is 24.3 Å². The minimum absolute atomic E-state index is 0. The van der Waals surface area contributed by atoms with E-state index in [4.69, 9.17) is 4.74 Å². The van der Waals surface area contributed by atoms with Crippen molar-refractivity contribution in [1.82, 2.24) is 29.8 Å². The number of nitrogens with zero attached hydrogens (tertiary/aromatic N) is 7. The van der Waals surface area contributed by atoms with Crippen molar-refractivity contribution in [3.63, 3.8) is 0 Å². The molecule has 0 saturated carbocycles. The summed E-state index contributed by atoms with van der Waals surface area (Å²) in [5.41, 5.74) is 0.483. The maximum Gasteiger partial charge on any atom is 1.00 e. The standard InChI is InChI=1S/C32H38F4N8O3.Na/c1-19-16-43(9-8-27(45)46)10-11-44(19)26-15-37-24(14-38-26)29-40-28-25(42(4)17-31(2,3)18-47-5)13-23(39-30(28)41-29)20-6-7-22(33)21(12-20)32(34,35)36;/h6-7,12-15,19H,8-11,16-18H2,1-5H3,(H,45,46)(H,39,40,41);/q;+1/p-1/t19-;/m1./s1. The monoisotopic (exact) mass is 680 g/mol. The van der Waals surface area contributed by atoms with Crippen LogP contribution in [0.15, 0.2) is 36.7 Å². The topological polar surface area (TPSA) is 126 Å². The van der Waals surface area contributed by atoms with E-state index in [0.29, 0.717) is 67.9 Å². The number of aliphatic carboxylic acids is 1. The van der Waals surface area contributed by atoms with E-state index in [2.05, 4.69) is 34.7 Å². The SMILES string of the molecule is COCC(C)(C)CN(C)c1cc(-c2ccc(F)c(C(F)(F)F)c2)nc2nc(-c3cnc(N4CCN(CCC(=O)[O-])C[C@H]4C)cn3)[nH]c12.[Na+]. The number of carbonyl (C=O) groups excluding carboxylic acids is 1. The average Bonchev–Trinajstić information content (AvgIpc) is 3.43. The largest absolute Gasteiger partial charge is 1.00 e. The Morgan fingerprint density at radius 3 is 2.50 bits per heavy atom. The Balaban J connectivity index is 0.00000520. The van der Waals surface area contributed by atoms with Gasteiger partial charge in [-0.1, -0.05) is 13.8 Å². The number of ether oxygens (including phenoxy) is 1. The third-order valence-electron chi connectivity index (χ3n) is 8.14. The van der Waals surface area contributed by atoms with Crippen LogP contribution in [-0.4, -0.2) is 95.3 Å². The summed E-state index contributed by atoms with van der Waals surface area (Å²) in [6, 6.07) is 4.53. The predicted molar refractivity (Wildman–Crippen MR) is 167 cm³/mol. The van der Waals surface area contributed by atoms with Crippen LogP contribution in [0.3, 0.4) is 0 Å². The van der Waals surface area contributed by atoms with Crippen LogP contribution >= 0.6 is 0 Å². The summed E-state index contributed by atoms with van der Waals surface area (Å²) in [6.07, 6.45) is -1.66. The Kier molecular flexibility index (Phi) is 11.7. The van der Waals surface area contributed by atoms with E-state index < -0.39 is 23.5 Å². The molecule has 48 heavy (non-hydrogen) atoms. The zero-order valence-electron chi connectivity index (χ0n) is 27.9. The Morgan fingerprint density at radius 1 is 1.12 bits per heavy atom. The van der Waals surface area contributed by atoms with Gasteiger partial charge in [0.1, 0.15) is 22.8 Å². The molecule has 1 N–H and O–H groups in total. The predicted octanol–water partition coefficient (Wildman–Crippen LogP) is 1.00. The van der Waals surface area contributed by atoms with Crippen molar-refractivity contribution in [2.24, 2.45) is 5.41 Å². The molecule has 5 rings (SSSR count). The number of carbonyl (C=O) groups is 1. The number of carboxylic acid groups (broad SMARTS) is 1. The Bertz CT molecular complexity index is 1740. The fourth-order valence-corrected chi connectivity index (χ4v) is 6.02. The molecule has 1 saturated heterocycles. The van der Waals surface area contributed by atoms with Gasteiger partial charge < -0.3 is 29.4 Å². The minimum atomic E-state index is -4.87. The molecule has 1 aromatic carbocycles. The van der Waals surface area contributed by atoms with Crippen LogP contribution in [0, 0.1) is 11.2 Å². The van der Waals surface area contributed by atoms with Crippen molar-refractivity contribution in [2.75, 3.05) is 63.3 Å². The molecule has 4 aromatic rings. The van der Waals surface area contributed by atoms with Crippen LogP contribution < -0.4 is 44.5 Å². The number of aromatic amines is 1. The maximum absolute atomic E-state index is 14.1. The number of hydrogen-bond donors (Lipinski definition) is 1. The molecule has 0 amide bonds. The van der Waals surface area contributed by atoms with Crippen LogP contribution in [0.1, 0.15) is 32.8 Å². The van der Waals surface area contributed by atoms with Crippen molar-refractivity contribution in [2.45, 2.75) is 39.4 Å². The van der Waals surface area contributed by atoms with E-state index in [1.807, 2.05) is 32.7 Å². The number of hydrogen-bond acceptors (Lipinski definition) is 10. The normalized spacial score (nSPS) is 15.9.